The van der Waals surface area contributed by atoms with Crippen LogP contribution in [0, 0.1) is 0 Å². The lowest BCUT2D eigenvalue weighted by Crippen LogP contribution is -2.16. The first-order chi connectivity index (χ1) is 23.8. The molecule has 0 amide bonds. The Labute approximate surface area is 285 Å². The molecule has 15 heteroatoms. The normalized spacial score (nSPS) is 11.4. The van der Waals surface area contributed by atoms with Gasteiger partial charge in [0.2, 0.25) is 0 Å². The second-order valence-electron chi connectivity index (χ2n) is 9.64. The van der Waals surface area contributed by atoms with Crippen LogP contribution >= 0.6 is 0 Å². The number of hydrogen-bond acceptors (Lipinski definition) is 15. The summed E-state index contributed by atoms with van der Waals surface area (Å²) in [5.74, 6) is -0.358. The van der Waals surface area contributed by atoms with Crippen molar-refractivity contribution in [2.24, 2.45) is 5.73 Å². The lowest BCUT2D eigenvalue weighted by atomic mass is 10.2. The first-order valence-corrected chi connectivity index (χ1v) is 16.7. The molecule has 2 N–H and O–H groups in total. The van der Waals surface area contributed by atoms with Crippen molar-refractivity contribution in [3.8, 4) is 0 Å². The van der Waals surface area contributed by atoms with Gasteiger partial charge in [0.25, 0.3) is 0 Å². The lowest BCUT2D eigenvalue weighted by molar-refractivity contribution is -0.0287. The van der Waals surface area contributed by atoms with Gasteiger partial charge in [-0.3, -0.25) is 0 Å². The Hall–Kier alpha value is -1.83. The van der Waals surface area contributed by atoms with Gasteiger partial charge >= 0.3 is 5.97 Å². The standard InChI is InChI=1S/C33H59NO14/c34-6-7-36-8-9-37-10-11-38-12-13-39-14-15-40-16-17-41-18-19-42-20-21-43-22-23-44-24-25-45-26-27-46-28-29-47-30-31-48-33(35)32-4-2-1-3-5-32/h1-5H,6-31,34H2. The molecule has 0 bridgehead atoms. The number of nitrogens with two attached hydrogens (primary N) is 1. The Kier molecular flexibility index (Phi) is 35.0. The van der Waals surface area contributed by atoms with E-state index in [0.717, 1.165) is 0 Å². The number of esters is 1. The van der Waals surface area contributed by atoms with Crippen molar-refractivity contribution < 1.29 is 66.4 Å². The number of hydrogen-bond donors (Lipinski definition) is 1. The van der Waals surface area contributed by atoms with Crippen molar-refractivity contribution in [3.05, 3.63) is 35.9 Å². The van der Waals surface area contributed by atoms with Gasteiger partial charge in [-0.25, -0.2) is 4.79 Å². The average molecular weight is 694 g/mol. The summed E-state index contributed by atoms with van der Waals surface area (Å²) in [7, 11) is 0. The SMILES string of the molecule is NCCOCCOCCOCCOCCOCCOCCOCCOCCOCCOCCOCCOCCOC(=O)c1ccccc1. The van der Waals surface area contributed by atoms with Crippen LogP contribution in [0.1, 0.15) is 10.4 Å². The largest absolute Gasteiger partial charge is 0.460 e. The fourth-order valence-electron chi connectivity index (χ4n) is 3.46. The minimum Gasteiger partial charge on any atom is -0.460 e. The third-order valence-electron chi connectivity index (χ3n) is 5.82. The fourth-order valence-corrected chi connectivity index (χ4v) is 3.46. The van der Waals surface area contributed by atoms with Crippen molar-refractivity contribution in [2.45, 2.75) is 0 Å². The maximum atomic E-state index is 11.8. The summed E-state index contributed by atoms with van der Waals surface area (Å²) in [5, 5.41) is 0. The highest BCUT2D eigenvalue weighted by Crippen LogP contribution is 2.00. The van der Waals surface area contributed by atoms with Gasteiger partial charge in [-0.2, -0.15) is 0 Å². The zero-order chi connectivity index (χ0) is 34.3. The monoisotopic (exact) mass is 693 g/mol. The molecule has 0 radical (unpaired) electrons. The van der Waals surface area contributed by atoms with E-state index in [2.05, 4.69) is 0 Å². The maximum Gasteiger partial charge on any atom is 0.338 e. The summed E-state index contributed by atoms with van der Waals surface area (Å²) in [6.45, 7) is 12.5. The summed E-state index contributed by atoms with van der Waals surface area (Å²) in [5.41, 5.74) is 5.85. The van der Waals surface area contributed by atoms with Crippen LogP contribution in [0.25, 0.3) is 0 Å². The van der Waals surface area contributed by atoms with Crippen LogP contribution in [0.3, 0.4) is 0 Å². The van der Waals surface area contributed by atoms with Crippen molar-refractivity contribution in [1.29, 1.82) is 0 Å². The van der Waals surface area contributed by atoms with Crippen molar-refractivity contribution in [2.75, 3.05) is 172 Å². The minimum absolute atomic E-state index is 0.200. The minimum atomic E-state index is -0.358. The van der Waals surface area contributed by atoms with Crippen molar-refractivity contribution >= 4 is 5.97 Å². The molecule has 0 aliphatic carbocycles. The Morgan fingerprint density at radius 3 is 0.833 bits per heavy atom. The van der Waals surface area contributed by atoms with E-state index in [9.17, 15) is 4.79 Å². The van der Waals surface area contributed by atoms with E-state index < -0.39 is 0 Å². The van der Waals surface area contributed by atoms with Gasteiger partial charge in [0, 0.05) is 6.54 Å². The number of ether oxygens (including phenoxy) is 13. The van der Waals surface area contributed by atoms with E-state index in [4.69, 9.17) is 67.3 Å². The molecule has 0 spiro atoms. The number of rotatable bonds is 39. The van der Waals surface area contributed by atoms with Crippen LogP contribution in [0.5, 0.6) is 0 Å². The van der Waals surface area contributed by atoms with E-state index in [-0.39, 0.29) is 12.6 Å². The lowest BCUT2D eigenvalue weighted by Gasteiger charge is -2.09. The third kappa shape index (κ3) is 32.7. The molecule has 0 aliphatic heterocycles. The topological polar surface area (TPSA) is 163 Å². The van der Waals surface area contributed by atoms with Gasteiger partial charge in [-0.1, -0.05) is 18.2 Å². The molecule has 280 valence electrons. The summed E-state index contributed by atoms with van der Waals surface area (Å²) in [4.78, 5) is 11.8. The van der Waals surface area contributed by atoms with Crippen molar-refractivity contribution in [1.82, 2.24) is 0 Å². The summed E-state index contributed by atoms with van der Waals surface area (Å²) in [6, 6.07) is 8.85. The fraction of sp³-hybridized carbons (Fsp3) is 0.788. The van der Waals surface area contributed by atoms with E-state index in [1.807, 2.05) is 6.07 Å². The number of carbonyl (C=O) groups is 1. The summed E-state index contributed by atoms with van der Waals surface area (Å²) >= 11 is 0. The van der Waals surface area contributed by atoms with Gasteiger partial charge in [-0.05, 0) is 12.1 Å². The van der Waals surface area contributed by atoms with Crippen LogP contribution in [0.4, 0.5) is 0 Å². The van der Waals surface area contributed by atoms with Gasteiger partial charge in [-0.15, -0.1) is 0 Å². The molecule has 0 saturated carbocycles. The first-order valence-electron chi connectivity index (χ1n) is 16.7. The van der Waals surface area contributed by atoms with Crippen LogP contribution in [0.2, 0.25) is 0 Å². The van der Waals surface area contributed by atoms with Crippen LogP contribution in [0.15, 0.2) is 30.3 Å². The molecule has 15 nitrogen and oxygen atoms in total. The predicted octanol–water partition coefficient (Wildman–Crippen LogP) is 1.00. The molecule has 48 heavy (non-hydrogen) atoms. The molecule has 1 aromatic rings. The van der Waals surface area contributed by atoms with E-state index in [1.165, 1.54) is 0 Å². The van der Waals surface area contributed by atoms with E-state index in [1.54, 1.807) is 24.3 Å². The molecule has 1 aromatic carbocycles. The Morgan fingerprint density at radius 1 is 0.354 bits per heavy atom. The summed E-state index contributed by atoms with van der Waals surface area (Å²) in [6.07, 6.45) is 0. The molecule has 0 atom stereocenters. The Morgan fingerprint density at radius 2 is 0.583 bits per heavy atom. The quantitative estimate of drug-likeness (QED) is 0.0767. The van der Waals surface area contributed by atoms with Crippen molar-refractivity contribution in [3.63, 3.8) is 0 Å². The smallest absolute Gasteiger partial charge is 0.338 e. The maximum absolute atomic E-state index is 11.8. The molecule has 0 aliphatic rings. The second kappa shape index (κ2) is 38.0. The summed E-state index contributed by atoms with van der Waals surface area (Å²) < 4.78 is 70.2. The second-order valence-corrected chi connectivity index (χ2v) is 9.64. The zero-order valence-corrected chi connectivity index (χ0v) is 28.6. The third-order valence-corrected chi connectivity index (χ3v) is 5.82. The Bertz CT molecular complexity index is 780. The highest BCUT2D eigenvalue weighted by molar-refractivity contribution is 5.89. The highest BCUT2D eigenvalue weighted by Gasteiger charge is 2.05. The Balaban J connectivity index is 1.62. The van der Waals surface area contributed by atoms with Gasteiger partial charge in [0.1, 0.15) is 6.61 Å². The molecule has 0 saturated heterocycles. The average Bonchev–Trinajstić information content (AvgIpc) is 3.11. The molecule has 0 aromatic heterocycles. The van der Waals surface area contributed by atoms with Gasteiger partial charge in [0.05, 0.1) is 164 Å². The molecule has 0 fully saturated rings. The van der Waals surface area contributed by atoms with Crippen LogP contribution < -0.4 is 5.73 Å². The molecular weight excluding hydrogens is 634 g/mol. The number of carbonyl (C=O) groups excluding carboxylic acids is 1. The van der Waals surface area contributed by atoms with Crippen LogP contribution in [-0.2, 0) is 61.6 Å². The zero-order valence-electron chi connectivity index (χ0n) is 28.6. The first kappa shape index (κ1) is 44.2. The van der Waals surface area contributed by atoms with Gasteiger partial charge in [0.15, 0.2) is 0 Å². The predicted molar refractivity (Wildman–Crippen MR) is 176 cm³/mol. The molecule has 0 heterocycles. The van der Waals surface area contributed by atoms with Gasteiger partial charge < -0.3 is 67.3 Å². The molecular formula is C33H59NO14. The number of benzene rings is 1. The highest BCUT2D eigenvalue weighted by atomic mass is 16.6. The molecule has 1 rings (SSSR count). The molecule has 0 unspecified atom stereocenters. The van der Waals surface area contributed by atoms with E-state index in [0.29, 0.717) is 171 Å². The van der Waals surface area contributed by atoms with E-state index >= 15 is 0 Å². The van der Waals surface area contributed by atoms with Crippen LogP contribution in [-0.4, -0.2) is 178 Å².